The summed E-state index contributed by atoms with van der Waals surface area (Å²) in [6.07, 6.45) is 0. The van der Waals surface area contributed by atoms with E-state index in [2.05, 4.69) is 22.8 Å². The molecule has 0 aliphatic carbocycles. The van der Waals surface area contributed by atoms with Crippen LogP contribution >= 0.6 is 0 Å². The molecule has 15 heavy (non-hydrogen) atoms. The van der Waals surface area contributed by atoms with Crippen LogP contribution in [0.1, 0.15) is 11.7 Å². The smallest absolute Gasteiger partial charge is 0.0518 e. The maximum atomic E-state index is 9.21. The zero-order valence-electron chi connectivity index (χ0n) is 8.43. The van der Waals surface area contributed by atoms with Crippen LogP contribution in [0.15, 0.2) is 30.3 Å². The first-order chi connectivity index (χ1) is 7.31. The lowest BCUT2D eigenvalue weighted by Crippen LogP contribution is -2.19. The summed E-state index contributed by atoms with van der Waals surface area (Å²) in [4.78, 5) is 0. The van der Waals surface area contributed by atoms with Crippen LogP contribution in [0.25, 0.3) is 10.9 Å². The molecule has 2 atom stereocenters. The van der Waals surface area contributed by atoms with Gasteiger partial charge in [0, 0.05) is 30.3 Å². The van der Waals surface area contributed by atoms with Gasteiger partial charge >= 0.3 is 0 Å². The van der Waals surface area contributed by atoms with Gasteiger partial charge < -0.3 is 15.4 Å². The number of benzene rings is 1. The summed E-state index contributed by atoms with van der Waals surface area (Å²) in [5.41, 5.74) is 8.45. The van der Waals surface area contributed by atoms with Gasteiger partial charge in [0.1, 0.15) is 0 Å². The van der Waals surface area contributed by atoms with Crippen molar-refractivity contribution >= 4 is 10.9 Å². The van der Waals surface area contributed by atoms with Crippen LogP contribution in [0.3, 0.4) is 0 Å². The van der Waals surface area contributed by atoms with Crippen molar-refractivity contribution in [2.45, 2.75) is 12.6 Å². The minimum atomic E-state index is -0.0256. The Morgan fingerprint density at radius 1 is 1.40 bits per heavy atom. The van der Waals surface area contributed by atoms with E-state index < -0.39 is 0 Å². The fourth-order valence-corrected chi connectivity index (χ4v) is 2.47. The molecule has 78 valence electrons. The highest BCUT2D eigenvalue weighted by atomic mass is 16.3. The monoisotopic (exact) mass is 202 g/mol. The highest BCUT2D eigenvalue weighted by molar-refractivity contribution is 5.81. The Kier molecular flexibility index (Phi) is 1.84. The third-order valence-electron chi connectivity index (χ3n) is 3.34. The number of nitrogens with two attached hydrogens (primary N) is 1. The third-order valence-corrected chi connectivity index (χ3v) is 3.34. The molecule has 0 saturated carbocycles. The number of hydrogen-bond acceptors (Lipinski definition) is 2. The van der Waals surface area contributed by atoms with Crippen LogP contribution in [0.2, 0.25) is 0 Å². The Morgan fingerprint density at radius 2 is 2.20 bits per heavy atom. The van der Waals surface area contributed by atoms with Gasteiger partial charge in [-0.2, -0.15) is 0 Å². The molecule has 3 heteroatoms. The Bertz CT molecular complexity index is 503. The van der Waals surface area contributed by atoms with Crippen LogP contribution in [-0.2, 0) is 6.54 Å². The molecular formula is C12H14N2O. The Labute approximate surface area is 88.1 Å². The van der Waals surface area contributed by atoms with Crippen molar-refractivity contribution in [1.29, 1.82) is 0 Å². The summed E-state index contributed by atoms with van der Waals surface area (Å²) >= 11 is 0. The van der Waals surface area contributed by atoms with Gasteiger partial charge in [-0.25, -0.2) is 0 Å². The molecule has 1 aliphatic heterocycles. The summed E-state index contributed by atoms with van der Waals surface area (Å²) in [5, 5.41) is 10.4. The molecule has 2 heterocycles. The molecule has 0 saturated heterocycles. The number of nitrogens with zero attached hydrogens (tertiary/aromatic N) is 1. The number of para-hydroxylation sites is 1. The van der Waals surface area contributed by atoms with Crippen molar-refractivity contribution in [3.8, 4) is 0 Å². The lowest BCUT2D eigenvalue weighted by atomic mass is 10.0. The first kappa shape index (κ1) is 8.95. The molecule has 1 aromatic carbocycles. The van der Waals surface area contributed by atoms with Gasteiger partial charge in [-0.05, 0) is 17.5 Å². The van der Waals surface area contributed by atoms with E-state index in [-0.39, 0.29) is 18.6 Å². The highest BCUT2D eigenvalue weighted by Gasteiger charge is 2.30. The Balaban J connectivity index is 2.20. The molecule has 2 aromatic rings. The molecule has 3 N–H and O–H groups in total. The molecule has 0 amide bonds. The lowest BCUT2D eigenvalue weighted by molar-refractivity contribution is 0.208. The third kappa shape index (κ3) is 1.14. The molecule has 0 unspecified atom stereocenters. The van der Waals surface area contributed by atoms with Crippen LogP contribution in [0, 0.1) is 5.92 Å². The fraction of sp³-hybridized carbons (Fsp3) is 0.333. The summed E-state index contributed by atoms with van der Waals surface area (Å²) in [6, 6.07) is 10.4. The van der Waals surface area contributed by atoms with E-state index in [1.165, 1.54) is 10.9 Å². The normalized spacial score (nSPS) is 24.7. The minimum Gasteiger partial charge on any atom is -0.396 e. The Morgan fingerprint density at radius 3 is 3.00 bits per heavy atom. The minimum absolute atomic E-state index is 0.0256. The first-order valence-corrected chi connectivity index (χ1v) is 5.26. The van der Waals surface area contributed by atoms with Crippen molar-refractivity contribution < 1.29 is 5.11 Å². The number of aliphatic hydroxyl groups is 1. The van der Waals surface area contributed by atoms with E-state index in [0.29, 0.717) is 0 Å². The highest BCUT2D eigenvalue weighted by Crippen LogP contribution is 2.34. The second-order valence-electron chi connectivity index (χ2n) is 4.21. The first-order valence-electron chi connectivity index (χ1n) is 5.26. The molecule has 3 nitrogen and oxygen atoms in total. The molecule has 0 radical (unpaired) electrons. The quantitative estimate of drug-likeness (QED) is 0.731. The van der Waals surface area contributed by atoms with Gasteiger partial charge in [0.15, 0.2) is 0 Å². The van der Waals surface area contributed by atoms with Gasteiger partial charge in [-0.15, -0.1) is 0 Å². The van der Waals surface area contributed by atoms with Crippen LogP contribution in [-0.4, -0.2) is 16.3 Å². The van der Waals surface area contributed by atoms with E-state index in [1.807, 2.05) is 12.1 Å². The second-order valence-corrected chi connectivity index (χ2v) is 4.21. The van der Waals surface area contributed by atoms with E-state index in [4.69, 9.17) is 5.73 Å². The fourth-order valence-electron chi connectivity index (χ4n) is 2.47. The summed E-state index contributed by atoms with van der Waals surface area (Å²) < 4.78 is 2.22. The molecule has 0 fully saturated rings. The zero-order valence-corrected chi connectivity index (χ0v) is 8.43. The number of hydrogen-bond donors (Lipinski definition) is 2. The molecular weight excluding hydrogens is 188 g/mol. The summed E-state index contributed by atoms with van der Waals surface area (Å²) in [7, 11) is 0. The van der Waals surface area contributed by atoms with Crippen molar-refractivity contribution in [3.63, 3.8) is 0 Å². The van der Waals surface area contributed by atoms with Gasteiger partial charge in [-0.3, -0.25) is 0 Å². The topological polar surface area (TPSA) is 51.2 Å². The molecule has 1 aromatic heterocycles. The predicted molar refractivity (Wildman–Crippen MR) is 59.4 cm³/mol. The Hall–Kier alpha value is -1.32. The van der Waals surface area contributed by atoms with Crippen LogP contribution in [0.4, 0.5) is 0 Å². The zero-order chi connectivity index (χ0) is 10.4. The molecule has 0 bridgehead atoms. The largest absolute Gasteiger partial charge is 0.396 e. The van der Waals surface area contributed by atoms with E-state index in [0.717, 1.165) is 12.2 Å². The SMILES string of the molecule is N[C@H]1c2cc3ccccc3n2C[C@H]1CO. The van der Waals surface area contributed by atoms with Crippen LogP contribution < -0.4 is 5.73 Å². The number of rotatable bonds is 1. The van der Waals surface area contributed by atoms with Gasteiger partial charge in [0.05, 0.1) is 6.04 Å². The standard InChI is InChI=1S/C12H14N2O/c13-12-9(7-15)6-14-10-4-2-1-3-8(10)5-11(12)14/h1-5,9,12,15H,6-7,13H2/t9-,12+/m0/s1. The van der Waals surface area contributed by atoms with E-state index in [9.17, 15) is 5.11 Å². The number of aliphatic hydroxyl groups excluding tert-OH is 1. The molecule has 3 rings (SSSR count). The average Bonchev–Trinajstić information content (AvgIpc) is 2.76. The lowest BCUT2D eigenvalue weighted by Gasteiger charge is -2.10. The van der Waals surface area contributed by atoms with Crippen molar-refractivity contribution in [3.05, 3.63) is 36.0 Å². The average molecular weight is 202 g/mol. The maximum Gasteiger partial charge on any atom is 0.0518 e. The van der Waals surface area contributed by atoms with Crippen molar-refractivity contribution in [2.75, 3.05) is 6.61 Å². The van der Waals surface area contributed by atoms with Crippen LogP contribution in [0.5, 0.6) is 0 Å². The predicted octanol–water partition coefficient (Wildman–Crippen LogP) is 1.26. The molecule has 0 spiro atoms. The number of aromatic nitrogens is 1. The van der Waals surface area contributed by atoms with E-state index in [1.54, 1.807) is 0 Å². The van der Waals surface area contributed by atoms with Gasteiger partial charge in [-0.1, -0.05) is 18.2 Å². The molecule has 1 aliphatic rings. The van der Waals surface area contributed by atoms with Gasteiger partial charge in [0.2, 0.25) is 0 Å². The van der Waals surface area contributed by atoms with Crippen molar-refractivity contribution in [1.82, 2.24) is 4.57 Å². The van der Waals surface area contributed by atoms with Crippen molar-refractivity contribution in [2.24, 2.45) is 11.7 Å². The summed E-state index contributed by atoms with van der Waals surface area (Å²) in [6.45, 7) is 0.998. The summed E-state index contributed by atoms with van der Waals surface area (Å²) in [5.74, 6) is 0.171. The maximum absolute atomic E-state index is 9.21. The number of fused-ring (bicyclic) bond motifs is 3. The van der Waals surface area contributed by atoms with Gasteiger partial charge in [0.25, 0.3) is 0 Å². The van der Waals surface area contributed by atoms with E-state index >= 15 is 0 Å². The second kappa shape index (κ2) is 3.08.